The molecule has 1 aliphatic heterocycles. The third kappa shape index (κ3) is 2.77. The number of hydrogen-bond acceptors (Lipinski definition) is 4. The lowest BCUT2D eigenvalue weighted by atomic mass is 10.1. The second-order valence-electron chi connectivity index (χ2n) is 4.25. The van der Waals surface area contributed by atoms with E-state index in [9.17, 15) is 4.79 Å². The Hall–Kier alpha value is -1.66. The molecule has 0 atom stereocenters. The van der Waals surface area contributed by atoms with Crippen molar-refractivity contribution in [2.75, 3.05) is 19.7 Å². The molecule has 6 heteroatoms. The Kier molecular flexibility index (Phi) is 4.11. The molecular formula is C12H17N3O3. The minimum Gasteiger partial charge on any atom is -0.477 e. The van der Waals surface area contributed by atoms with Crippen LogP contribution in [0.25, 0.3) is 6.20 Å². The molecule has 2 heterocycles. The van der Waals surface area contributed by atoms with E-state index in [1.807, 2.05) is 6.20 Å². The summed E-state index contributed by atoms with van der Waals surface area (Å²) in [6.07, 6.45) is 5.82. The highest BCUT2D eigenvalue weighted by Crippen LogP contribution is 2.21. The fraction of sp³-hybridized carbons (Fsp3) is 0.500. The largest absolute Gasteiger partial charge is 0.477 e. The summed E-state index contributed by atoms with van der Waals surface area (Å²) >= 11 is 0. The van der Waals surface area contributed by atoms with Crippen LogP contribution in [0.1, 0.15) is 29.2 Å². The molecule has 2 rings (SSSR count). The van der Waals surface area contributed by atoms with Crippen LogP contribution in [0.15, 0.2) is 11.8 Å². The first kappa shape index (κ1) is 12.8. The van der Waals surface area contributed by atoms with Gasteiger partial charge in [-0.1, -0.05) is 5.57 Å². The average molecular weight is 251 g/mol. The first-order chi connectivity index (χ1) is 8.72. The Morgan fingerprint density at radius 2 is 2.28 bits per heavy atom. The van der Waals surface area contributed by atoms with Crippen molar-refractivity contribution in [3.05, 3.63) is 23.3 Å². The number of rotatable bonds is 6. The number of hydrogen-bond donors (Lipinski definition) is 3. The predicted octanol–water partition coefficient (Wildman–Crippen LogP) is 0.340. The van der Waals surface area contributed by atoms with Gasteiger partial charge in [-0.25, -0.2) is 9.78 Å². The van der Waals surface area contributed by atoms with E-state index in [-0.39, 0.29) is 12.3 Å². The lowest BCUT2D eigenvalue weighted by Crippen LogP contribution is -2.20. The second kappa shape index (κ2) is 5.79. The van der Waals surface area contributed by atoms with Gasteiger partial charge in [-0.3, -0.25) is 4.57 Å². The molecule has 0 amide bonds. The second-order valence-corrected chi connectivity index (χ2v) is 4.25. The molecule has 0 aromatic carbocycles. The number of carboxylic acid groups (broad SMARTS) is 1. The number of aliphatic hydroxyl groups excluding tert-OH is 1. The van der Waals surface area contributed by atoms with Crippen molar-refractivity contribution >= 4 is 12.2 Å². The molecule has 1 aromatic rings. The standard InChI is InChI=1S/C12H17N3O3/c16-6-5-13-4-3-9-1-2-11-14-7-10(12(17)18)15(11)8-9/h7-8,13,16H,1-6H2,(H,17,18). The molecule has 98 valence electrons. The van der Waals surface area contributed by atoms with Crippen molar-refractivity contribution in [2.24, 2.45) is 0 Å². The first-order valence-electron chi connectivity index (χ1n) is 6.03. The van der Waals surface area contributed by atoms with Gasteiger partial charge in [0.25, 0.3) is 0 Å². The minimum absolute atomic E-state index is 0.133. The molecule has 1 aliphatic rings. The first-order valence-corrected chi connectivity index (χ1v) is 6.03. The normalized spacial score (nSPS) is 14.2. The number of nitrogens with one attached hydrogen (secondary N) is 1. The number of fused-ring (bicyclic) bond motifs is 1. The molecule has 6 nitrogen and oxygen atoms in total. The third-order valence-electron chi connectivity index (χ3n) is 2.99. The Morgan fingerprint density at radius 1 is 1.44 bits per heavy atom. The predicted molar refractivity (Wildman–Crippen MR) is 66.4 cm³/mol. The van der Waals surface area contributed by atoms with Gasteiger partial charge in [0.15, 0.2) is 5.69 Å². The molecule has 0 unspecified atom stereocenters. The maximum Gasteiger partial charge on any atom is 0.354 e. The number of carbonyl (C=O) groups is 1. The zero-order valence-corrected chi connectivity index (χ0v) is 10.1. The summed E-state index contributed by atoms with van der Waals surface area (Å²) in [5.41, 5.74) is 1.42. The monoisotopic (exact) mass is 251 g/mol. The molecule has 0 spiro atoms. The molecular weight excluding hydrogens is 234 g/mol. The molecule has 0 saturated carbocycles. The Labute approximate surface area is 105 Å². The van der Waals surface area contributed by atoms with Crippen LogP contribution in [0, 0.1) is 0 Å². The summed E-state index contributed by atoms with van der Waals surface area (Å²) in [6, 6.07) is 0. The molecule has 0 fully saturated rings. The molecule has 18 heavy (non-hydrogen) atoms. The zero-order valence-electron chi connectivity index (χ0n) is 10.1. The van der Waals surface area contributed by atoms with Gasteiger partial charge in [-0.2, -0.15) is 0 Å². The van der Waals surface area contributed by atoms with Gasteiger partial charge in [0.2, 0.25) is 0 Å². The van der Waals surface area contributed by atoms with Crippen molar-refractivity contribution < 1.29 is 15.0 Å². The van der Waals surface area contributed by atoms with E-state index in [0.29, 0.717) is 6.54 Å². The lowest BCUT2D eigenvalue weighted by molar-refractivity contribution is 0.0688. The molecule has 1 aromatic heterocycles. The number of imidazole rings is 1. The Balaban J connectivity index is 2.04. The zero-order chi connectivity index (χ0) is 13.0. The smallest absolute Gasteiger partial charge is 0.354 e. The van der Waals surface area contributed by atoms with Crippen molar-refractivity contribution in [1.82, 2.24) is 14.9 Å². The van der Waals surface area contributed by atoms with E-state index in [4.69, 9.17) is 10.2 Å². The number of nitrogens with zero attached hydrogens (tertiary/aromatic N) is 2. The van der Waals surface area contributed by atoms with Crippen LogP contribution in [0.4, 0.5) is 0 Å². The fourth-order valence-electron chi connectivity index (χ4n) is 2.05. The van der Waals surface area contributed by atoms with Crippen LogP contribution in [0.5, 0.6) is 0 Å². The Bertz CT molecular complexity index is 465. The highest BCUT2D eigenvalue weighted by Gasteiger charge is 2.18. The van der Waals surface area contributed by atoms with Crippen LogP contribution in [-0.4, -0.2) is 45.4 Å². The lowest BCUT2D eigenvalue weighted by Gasteiger charge is -2.15. The quantitative estimate of drug-likeness (QED) is 0.635. The van der Waals surface area contributed by atoms with Gasteiger partial charge in [-0.15, -0.1) is 0 Å². The van der Waals surface area contributed by atoms with Crippen LogP contribution in [-0.2, 0) is 6.42 Å². The summed E-state index contributed by atoms with van der Waals surface area (Å²) in [6.45, 7) is 1.51. The maximum absolute atomic E-state index is 11.0. The van der Waals surface area contributed by atoms with Gasteiger partial charge in [0, 0.05) is 19.2 Å². The number of aromatic nitrogens is 2. The van der Waals surface area contributed by atoms with E-state index >= 15 is 0 Å². The fourth-order valence-corrected chi connectivity index (χ4v) is 2.05. The van der Waals surface area contributed by atoms with Crippen molar-refractivity contribution in [3.8, 4) is 0 Å². The van der Waals surface area contributed by atoms with E-state index in [0.717, 1.165) is 31.6 Å². The van der Waals surface area contributed by atoms with Gasteiger partial charge in [-0.05, 0) is 19.4 Å². The number of aliphatic hydroxyl groups is 1. The summed E-state index contributed by atoms with van der Waals surface area (Å²) in [4.78, 5) is 15.1. The Morgan fingerprint density at radius 3 is 3.00 bits per heavy atom. The van der Waals surface area contributed by atoms with Crippen LogP contribution in [0.2, 0.25) is 0 Å². The third-order valence-corrected chi connectivity index (χ3v) is 2.99. The topological polar surface area (TPSA) is 87.4 Å². The van der Waals surface area contributed by atoms with E-state index < -0.39 is 5.97 Å². The highest BCUT2D eigenvalue weighted by atomic mass is 16.4. The average Bonchev–Trinajstić information content (AvgIpc) is 2.77. The van der Waals surface area contributed by atoms with Crippen LogP contribution < -0.4 is 5.32 Å². The van der Waals surface area contributed by atoms with Crippen molar-refractivity contribution in [1.29, 1.82) is 0 Å². The molecule has 0 aliphatic carbocycles. The minimum atomic E-state index is -0.954. The molecule has 0 radical (unpaired) electrons. The van der Waals surface area contributed by atoms with Gasteiger partial charge < -0.3 is 15.5 Å². The van der Waals surface area contributed by atoms with Crippen molar-refractivity contribution in [3.63, 3.8) is 0 Å². The SMILES string of the molecule is O=C(O)c1cnc2n1C=C(CCNCCO)CC2. The summed E-state index contributed by atoms with van der Waals surface area (Å²) < 4.78 is 1.66. The van der Waals surface area contributed by atoms with Gasteiger partial charge in [0.1, 0.15) is 5.82 Å². The van der Waals surface area contributed by atoms with E-state index in [1.165, 1.54) is 11.8 Å². The number of aromatic carboxylic acids is 1. The summed E-state index contributed by atoms with van der Waals surface area (Å²) in [5, 5.41) is 20.8. The van der Waals surface area contributed by atoms with Gasteiger partial charge >= 0.3 is 5.97 Å². The molecule has 3 N–H and O–H groups in total. The maximum atomic E-state index is 11.0. The highest BCUT2D eigenvalue weighted by molar-refractivity contribution is 5.86. The number of carboxylic acids is 1. The van der Waals surface area contributed by atoms with E-state index in [2.05, 4.69) is 10.3 Å². The molecule has 0 saturated heterocycles. The van der Waals surface area contributed by atoms with Gasteiger partial charge in [0.05, 0.1) is 12.8 Å². The summed E-state index contributed by atoms with van der Waals surface area (Å²) in [7, 11) is 0. The van der Waals surface area contributed by atoms with Crippen molar-refractivity contribution in [2.45, 2.75) is 19.3 Å². The van der Waals surface area contributed by atoms with Crippen LogP contribution in [0.3, 0.4) is 0 Å². The summed E-state index contributed by atoms with van der Waals surface area (Å²) in [5.74, 6) is -0.149. The van der Waals surface area contributed by atoms with Crippen LogP contribution >= 0.6 is 0 Å². The molecule has 0 bridgehead atoms. The van der Waals surface area contributed by atoms with E-state index in [1.54, 1.807) is 4.57 Å². The number of aryl methyl sites for hydroxylation is 1.